The number of halogens is 1. The van der Waals surface area contributed by atoms with Gasteiger partial charge in [-0.2, -0.15) is 0 Å². The van der Waals surface area contributed by atoms with Crippen molar-refractivity contribution in [2.24, 2.45) is 0 Å². The zero-order valence-electron chi connectivity index (χ0n) is 6.63. The highest BCUT2D eigenvalue weighted by Crippen LogP contribution is 1.94. The number of ether oxygens (including phenoxy) is 1. The van der Waals surface area contributed by atoms with Gasteiger partial charge in [-0.1, -0.05) is 0 Å². The minimum Gasteiger partial charge on any atom is -0.466 e. The molecule has 0 bridgehead atoms. The van der Waals surface area contributed by atoms with Gasteiger partial charge in [0, 0.05) is 6.42 Å². The monoisotopic (exact) mass is 179 g/mol. The van der Waals surface area contributed by atoms with Gasteiger partial charge in [0.05, 0.1) is 6.61 Å². The van der Waals surface area contributed by atoms with E-state index in [0.717, 1.165) is 6.42 Å². The average Bonchev–Trinajstić information content (AvgIpc) is 1.89. The lowest BCUT2D eigenvalue weighted by molar-refractivity contribution is -0.143. The summed E-state index contributed by atoms with van der Waals surface area (Å²) in [5.41, 5.74) is 0. The van der Waals surface area contributed by atoms with Crippen LogP contribution >= 0.6 is 12.4 Å². The Balaban J connectivity index is 0. The van der Waals surface area contributed by atoms with Gasteiger partial charge in [-0.25, -0.2) is 0 Å². The van der Waals surface area contributed by atoms with Crippen molar-refractivity contribution in [3.05, 3.63) is 0 Å². The number of carbonyl (C=O) groups excluding carboxylic acids is 1. The number of hydrogen-bond acceptors (Lipinski definition) is 3. The van der Waals surface area contributed by atoms with E-state index in [1.807, 2.05) is 0 Å². The van der Waals surface area contributed by atoms with E-state index in [1.54, 1.807) is 6.92 Å². The van der Waals surface area contributed by atoms with E-state index in [4.69, 9.17) is 5.41 Å². The first-order valence-electron chi connectivity index (χ1n) is 3.45. The van der Waals surface area contributed by atoms with Crippen LogP contribution in [0.2, 0.25) is 0 Å². The van der Waals surface area contributed by atoms with Crippen LogP contribution < -0.4 is 0 Å². The quantitative estimate of drug-likeness (QED) is 0.398. The van der Waals surface area contributed by atoms with Crippen molar-refractivity contribution >= 4 is 24.6 Å². The number of unbranched alkanes of at least 4 members (excludes halogenated alkanes) is 1. The fourth-order valence-corrected chi connectivity index (χ4v) is 0.582. The van der Waals surface area contributed by atoms with Crippen LogP contribution in [0.1, 0.15) is 26.2 Å². The maximum absolute atomic E-state index is 10.6. The minimum atomic E-state index is -0.163. The number of hydrogen-bond donors (Lipinski definition) is 1. The topological polar surface area (TPSA) is 50.2 Å². The molecule has 11 heavy (non-hydrogen) atoms. The van der Waals surface area contributed by atoms with Crippen LogP contribution in [-0.4, -0.2) is 18.8 Å². The van der Waals surface area contributed by atoms with Gasteiger partial charge in [-0.3, -0.25) is 4.79 Å². The highest BCUT2D eigenvalue weighted by molar-refractivity contribution is 5.85. The SMILES string of the molecule is CCOC(=O)CCCC=N.Cl. The van der Waals surface area contributed by atoms with Gasteiger partial charge in [0.1, 0.15) is 0 Å². The molecule has 0 radical (unpaired) electrons. The molecule has 0 amide bonds. The Labute approximate surface area is 73.0 Å². The van der Waals surface area contributed by atoms with Crippen LogP contribution in [0.5, 0.6) is 0 Å². The van der Waals surface area contributed by atoms with E-state index in [1.165, 1.54) is 6.21 Å². The van der Waals surface area contributed by atoms with E-state index in [2.05, 4.69) is 4.74 Å². The summed E-state index contributed by atoms with van der Waals surface area (Å²) in [6.07, 6.45) is 3.13. The lowest BCUT2D eigenvalue weighted by Gasteiger charge is -1.98. The smallest absolute Gasteiger partial charge is 0.305 e. The summed E-state index contributed by atoms with van der Waals surface area (Å²) in [5.74, 6) is -0.163. The van der Waals surface area contributed by atoms with Crippen LogP contribution in [0.3, 0.4) is 0 Å². The van der Waals surface area contributed by atoms with E-state index in [0.29, 0.717) is 19.4 Å². The molecule has 0 saturated carbocycles. The van der Waals surface area contributed by atoms with Gasteiger partial charge < -0.3 is 10.1 Å². The molecule has 66 valence electrons. The highest BCUT2D eigenvalue weighted by atomic mass is 35.5. The number of nitrogens with one attached hydrogen (secondary N) is 1. The molecule has 3 nitrogen and oxygen atoms in total. The molecule has 0 aliphatic heterocycles. The summed E-state index contributed by atoms with van der Waals surface area (Å²) in [6.45, 7) is 2.23. The van der Waals surface area contributed by atoms with Gasteiger partial charge in [0.2, 0.25) is 0 Å². The molecule has 0 spiro atoms. The van der Waals surface area contributed by atoms with Crippen LogP contribution in [0.15, 0.2) is 0 Å². The van der Waals surface area contributed by atoms with Gasteiger partial charge in [0.15, 0.2) is 0 Å². The third-order valence-electron chi connectivity index (χ3n) is 1.03. The van der Waals surface area contributed by atoms with E-state index < -0.39 is 0 Å². The lowest BCUT2D eigenvalue weighted by atomic mass is 10.2. The Hall–Kier alpha value is -0.570. The molecule has 0 aliphatic rings. The predicted molar refractivity (Wildman–Crippen MR) is 46.5 cm³/mol. The molecule has 4 heteroatoms. The molecule has 1 N–H and O–H groups in total. The molecule has 0 fully saturated rings. The van der Waals surface area contributed by atoms with Crippen molar-refractivity contribution in [1.82, 2.24) is 0 Å². The molecule has 0 aliphatic carbocycles. The average molecular weight is 180 g/mol. The summed E-state index contributed by atoms with van der Waals surface area (Å²) in [4.78, 5) is 10.6. The van der Waals surface area contributed by atoms with Crippen molar-refractivity contribution in [2.75, 3.05) is 6.61 Å². The molecule has 0 aromatic heterocycles. The van der Waals surface area contributed by atoms with Crippen molar-refractivity contribution in [3.63, 3.8) is 0 Å². The molecule has 0 aromatic rings. The standard InChI is InChI=1S/C7H13NO2.ClH/c1-2-10-7(9)5-3-4-6-8;/h6,8H,2-5H2,1H3;1H. The second-order valence-electron chi connectivity index (χ2n) is 1.90. The summed E-state index contributed by atoms with van der Waals surface area (Å²) in [6, 6.07) is 0. The Bertz CT molecular complexity index is 117. The number of carbonyl (C=O) groups is 1. The summed E-state index contributed by atoms with van der Waals surface area (Å²) >= 11 is 0. The van der Waals surface area contributed by atoms with Crippen molar-refractivity contribution in [1.29, 1.82) is 5.41 Å². The van der Waals surface area contributed by atoms with Gasteiger partial charge in [-0.05, 0) is 26.0 Å². The molecular weight excluding hydrogens is 166 g/mol. The van der Waals surface area contributed by atoms with Crippen LogP contribution in [0.4, 0.5) is 0 Å². The van der Waals surface area contributed by atoms with E-state index in [-0.39, 0.29) is 18.4 Å². The summed E-state index contributed by atoms with van der Waals surface area (Å²) in [7, 11) is 0. The molecule has 0 aromatic carbocycles. The number of esters is 1. The second kappa shape index (κ2) is 9.43. The van der Waals surface area contributed by atoms with Crippen LogP contribution in [0, 0.1) is 5.41 Å². The largest absolute Gasteiger partial charge is 0.466 e. The predicted octanol–water partition coefficient (Wildman–Crippen LogP) is 1.79. The highest BCUT2D eigenvalue weighted by Gasteiger charge is 1.98. The third-order valence-corrected chi connectivity index (χ3v) is 1.03. The number of rotatable bonds is 5. The minimum absolute atomic E-state index is 0. The fraction of sp³-hybridized carbons (Fsp3) is 0.714. The molecule has 0 heterocycles. The van der Waals surface area contributed by atoms with Crippen LogP contribution in [0.25, 0.3) is 0 Å². The first kappa shape index (κ1) is 13.1. The molecular formula is C7H14ClNO2. The van der Waals surface area contributed by atoms with Crippen molar-refractivity contribution < 1.29 is 9.53 Å². The molecule has 0 atom stereocenters. The van der Waals surface area contributed by atoms with E-state index in [9.17, 15) is 4.79 Å². The molecule has 0 rings (SSSR count). The Morgan fingerprint density at radius 1 is 1.64 bits per heavy atom. The normalized spacial score (nSPS) is 8.09. The maximum atomic E-state index is 10.6. The summed E-state index contributed by atoms with van der Waals surface area (Å²) in [5, 5.41) is 6.67. The van der Waals surface area contributed by atoms with Crippen molar-refractivity contribution in [3.8, 4) is 0 Å². The first-order chi connectivity index (χ1) is 4.81. The van der Waals surface area contributed by atoms with E-state index >= 15 is 0 Å². The zero-order valence-corrected chi connectivity index (χ0v) is 7.45. The van der Waals surface area contributed by atoms with Crippen molar-refractivity contribution in [2.45, 2.75) is 26.2 Å². The molecule has 0 saturated heterocycles. The lowest BCUT2D eigenvalue weighted by Crippen LogP contribution is -2.03. The fourth-order valence-electron chi connectivity index (χ4n) is 0.582. The Morgan fingerprint density at radius 2 is 2.27 bits per heavy atom. The van der Waals surface area contributed by atoms with Gasteiger partial charge >= 0.3 is 5.97 Å². The summed E-state index contributed by atoms with van der Waals surface area (Å²) < 4.78 is 4.67. The maximum Gasteiger partial charge on any atom is 0.305 e. The second-order valence-corrected chi connectivity index (χ2v) is 1.90. The van der Waals surface area contributed by atoms with Gasteiger partial charge in [0.25, 0.3) is 0 Å². The zero-order chi connectivity index (χ0) is 7.82. The first-order valence-corrected chi connectivity index (χ1v) is 3.45. The molecule has 0 unspecified atom stereocenters. The third kappa shape index (κ3) is 9.43. The Kier molecular flexibility index (Phi) is 11.2. The van der Waals surface area contributed by atoms with Crippen LogP contribution in [-0.2, 0) is 9.53 Å². The Morgan fingerprint density at radius 3 is 2.73 bits per heavy atom. The van der Waals surface area contributed by atoms with Gasteiger partial charge in [-0.15, -0.1) is 12.4 Å².